The predicted octanol–water partition coefficient (Wildman–Crippen LogP) is 0.779. The van der Waals surface area contributed by atoms with Crippen molar-refractivity contribution in [2.75, 3.05) is 13.7 Å². The van der Waals surface area contributed by atoms with Crippen LogP contribution in [-0.2, 0) is 19.5 Å². The molecule has 0 saturated heterocycles. The minimum absolute atomic E-state index is 0.228. The molecule has 1 amide bonds. The zero-order chi connectivity index (χ0) is 17.9. The van der Waals surface area contributed by atoms with Crippen LogP contribution in [0.1, 0.15) is 27.6 Å². The van der Waals surface area contributed by atoms with Crippen molar-refractivity contribution in [2.45, 2.75) is 19.5 Å². The van der Waals surface area contributed by atoms with Gasteiger partial charge < -0.3 is 15.4 Å². The fourth-order valence-electron chi connectivity index (χ4n) is 2.90. The number of aromatic amines is 2. The highest BCUT2D eigenvalue weighted by Gasteiger charge is 2.21. The Morgan fingerprint density at radius 2 is 2.08 bits per heavy atom. The van der Waals surface area contributed by atoms with E-state index in [1.165, 1.54) is 0 Å². The zero-order valence-corrected chi connectivity index (χ0v) is 14.3. The number of hydrogen-bond donors (Lipinski definition) is 4. The first-order valence-electron chi connectivity index (χ1n) is 8.35. The monoisotopic (exact) mass is 353 g/mol. The molecule has 3 heterocycles. The molecule has 0 fully saturated rings. The summed E-state index contributed by atoms with van der Waals surface area (Å²) in [5, 5.41) is 20.2. The van der Waals surface area contributed by atoms with Crippen LogP contribution >= 0.6 is 0 Å². The molecule has 0 bridgehead atoms. The molecule has 0 aliphatic carbocycles. The number of carbonyl (C=O) groups is 1. The molecule has 2 aromatic heterocycles. The van der Waals surface area contributed by atoms with Gasteiger partial charge in [-0.2, -0.15) is 10.2 Å². The van der Waals surface area contributed by atoms with Gasteiger partial charge in [-0.1, -0.05) is 0 Å². The van der Waals surface area contributed by atoms with Gasteiger partial charge in [-0.3, -0.25) is 15.0 Å². The van der Waals surface area contributed by atoms with Crippen LogP contribution in [0.2, 0.25) is 0 Å². The molecule has 0 atom stereocenters. The van der Waals surface area contributed by atoms with Crippen LogP contribution in [0.3, 0.4) is 0 Å². The maximum atomic E-state index is 12.4. The van der Waals surface area contributed by atoms with Gasteiger partial charge in [0.15, 0.2) is 11.5 Å². The molecule has 9 nitrogen and oxygen atoms in total. The van der Waals surface area contributed by atoms with E-state index in [2.05, 4.69) is 36.0 Å². The molecule has 0 radical (unpaired) electrons. The minimum atomic E-state index is -0.228. The number of ether oxygens (including phenoxy) is 1. The highest BCUT2D eigenvalue weighted by atomic mass is 16.5. The lowest BCUT2D eigenvalue weighted by Crippen LogP contribution is -2.28. The number of methoxy groups -OCH3 is 1. The Labute approximate surface area is 149 Å². The van der Waals surface area contributed by atoms with Gasteiger partial charge in [-0.25, -0.2) is 4.98 Å². The molecule has 3 aromatic rings. The Balaban J connectivity index is 1.41. The van der Waals surface area contributed by atoms with E-state index in [-0.39, 0.29) is 12.5 Å². The first kappa shape index (κ1) is 16.3. The molecule has 1 aliphatic rings. The zero-order valence-electron chi connectivity index (χ0n) is 14.3. The molecule has 1 aliphatic heterocycles. The van der Waals surface area contributed by atoms with Crippen LogP contribution in [-0.4, -0.2) is 44.9 Å². The van der Waals surface area contributed by atoms with Crippen LogP contribution < -0.4 is 15.4 Å². The molecular formula is C17H19N7O2. The Bertz CT molecular complexity index is 914. The SMILES string of the molecule is COc1ccc(-c2n[nH]c(CNC(=O)c3n[nH]c4c3CNCC4)n2)cc1. The summed E-state index contributed by atoms with van der Waals surface area (Å²) in [6.45, 7) is 1.79. The molecule has 0 spiro atoms. The highest BCUT2D eigenvalue weighted by Crippen LogP contribution is 2.19. The Morgan fingerprint density at radius 3 is 2.88 bits per heavy atom. The fraction of sp³-hybridized carbons (Fsp3) is 0.294. The summed E-state index contributed by atoms with van der Waals surface area (Å²) in [5.74, 6) is 1.69. The summed E-state index contributed by atoms with van der Waals surface area (Å²) in [4.78, 5) is 16.8. The van der Waals surface area contributed by atoms with Gasteiger partial charge >= 0.3 is 0 Å². The van der Waals surface area contributed by atoms with Crippen LogP contribution in [0.15, 0.2) is 24.3 Å². The molecule has 4 rings (SSSR count). The van der Waals surface area contributed by atoms with Gasteiger partial charge in [0.25, 0.3) is 5.91 Å². The van der Waals surface area contributed by atoms with Crippen molar-refractivity contribution in [1.82, 2.24) is 36.0 Å². The summed E-state index contributed by atoms with van der Waals surface area (Å²) in [6.07, 6.45) is 0.850. The largest absolute Gasteiger partial charge is 0.497 e. The predicted molar refractivity (Wildman–Crippen MR) is 93.5 cm³/mol. The van der Waals surface area contributed by atoms with Crippen molar-refractivity contribution >= 4 is 5.91 Å². The first-order valence-corrected chi connectivity index (χ1v) is 8.35. The molecule has 4 N–H and O–H groups in total. The quantitative estimate of drug-likeness (QED) is 0.538. The lowest BCUT2D eigenvalue weighted by atomic mass is 10.1. The Kier molecular flexibility index (Phi) is 4.36. The molecule has 1 aromatic carbocycles. The van der Waals surface area contributed by atoms with Gasteiger partial charge in [0.1, 0.15) is 11.6 Å². The van der Waals surface area contributed by atoms with Crippen molar-refractivity contribution < 1.29 is 9.53 Å². The van der Waals surface area contributed by atoms with Crippen LogP contribution in [0.4, 0.5) is 0 Å². The molecule has 26 heavy (non-hydrogen) atoms. The molecule has 0 unspecified atom stereocenters. The van der Waals surface area contributed by atoms with E-state index in [0.29, 0.717) is 23.9 Å². The van der Waals surface area contributed by atoms with Crippen molar-refractivity contribution in [3.8, 4) is 17.1 Å². The summed E-state index contributed by atoms with van der Waals surface area (Å²) >= 11 is 0. The molecule has 0 saturated carbocycles. The third kappa shape index (κ3) is 3.16. The maximum absolute atomic E-state index is 12.4. The average molecular weight is 353 g/mol. The Morgan fingerprint density at radius 1 is 1.23 bits per heavy atom. The minimum Gasteiger partial charge on any atom is -0.497 e. The fourth-order valence-corrected chi connectivity index (χ4v) is 2.90. The standard InChI is InChI=1S/C17H19N7O2/c1-26-11-4-2-10(3-5-11)16-20-14(22-24-16)9-19-17(25)15-12-8-18-7-6-13(12)21-23-15/h2-5,18H,6-9H2,1H3,(H,19,25)(H,21,23)(H,20,22,24). The molecule has 134 valence electrons. The van der Waals surface area contributed by atoms with E-state index in [0.717, 1.165) is 35.5 Å². The number of amides is 1. The number of carbonyl (C=O) groups excluding carboxylic acids is 1. The smallest absolute Gasteiger partial charge is 0.272 e. The second-order valence-electron chi connectivity index (χ2n) is 5.97. The van der Waals surface area contributed by atoms with Crippen molar-refractivity contribution in [3.05, 3.63) is 47.0 Å². The second kappa shape index (κ2) is 6.96. The normalized spacial score (nSPS) is 13.3. The lowest BCUT2D eigenvalue weighted by molar-refractivity contribution is 0.0943. The van der Waals surface area contributed by atoms with Gasteiger partial charge in [0, 0.05) is 36.3 Å². The number of rotatable bonds is 5. The lowest BCUT2D eigenvalue weighted by Gasteiger charge is -2.12. The summed E-state index contributed by atoms with van der Waals surface area (Å²) in [5.41, 5.74) is 3.26. The van der Waals surface area contributed by atoms with Gasteiger partial charge in [0.05, 0.1) is 13.7 Å². The number of H-pyrrole nitrogens is 2. The van der Waals surface area contributed by atoms with Crippen molar-refractivity contribution in [1.29, 1.82) is 0 Å². The maximum Gasteiger partial charge on any atom is 0.272 e. The van der Waals surface area contributed by atoms with Crippen molar-refractivity contribution in [2.24, 2.45) is 0 Å². The average Bonchev–Trinajstić information content (AvgIpc) is 3.33. The first-order chi connectivity index (χ1) is 12.7. The van der Waals surface area contributed by atoms with Crippen LogP contribution in [0.25, 0.3) is 11.4 Å². The highest BCUT2D eigenvalue weighted by molar-refractivity contribution is 5.93. The second-order valence-corrected chi connectivity index (χ2v) is 5.97. The molecular weight excluding hydrogens is 334 g/mol. The number of nitrogens with zero attached hydrogens (tertiary/aromatic N) is 3. The number of aromatic nitrogens is 5. The summed E-state index contributed by atoms with van der Waals surface area (Å²) < 4.78 is 5.14. The van der Waals surface area contributed by atoms with E-state index >= 15 is 0 Å². The number of fused-ring (bicyclic) bond motifs is 1. The van der Waals surface area contributed by atoms with E-state index in [1.54, 1.807) is 7.11 Å². The van der Waals surface area contributed by atoms with E-state index in [4.69, 9.17) is 4.74 Å². The Hall–Kier alpha value is -3.20. The summed E-state index contributed by atoms with van der Waals surface area (Å²) in [6, 6.07) is 7.46. The molecule has 9 heteroatoms. The summed E-state index contributed by atoms with van der Waals surface area (Å²) in [7, 11) is 1.62. The van der Waals surface area contributed by atoms with E-state index in [1.807, 2.05) is 24.3 Å². The third-order valence-corrected chi connectivity index (χ3v) is 4.32. The van der Waals surface area contributed by atoms with E-state index in [9.17, 15) is 4.79 Å². The van der Waals surface area contributed by atoms with Gasteiger partial charge in [0.2, 0.25) is 0 Å². The van der Waals surface area contributed by atoms with Crippen LogP contribution in [0.5, 0.6) is 5.75 Å². The van der Waals surface area contributed by atoms with E-state index < -0.39 is 0 Å². The van der Waals surface area contributed by atoms with Gasteiger partial charge in [-0.05, 0) is 24.3 Å². The third-order valence-electron chi connectivity index (χ3n) is 4.32. The number of hydrogen-bond acceptors (Lipinski definition) is 6. The van der Waals surface area contributed by atoms with Crippen LogP contribution in [0, 0.1) is 0 Å². The number of benzene rings is 1. The topological polar surface area (TPSA) is 121 Å². The van der Waals surface area contributed by atoms with Gasteiger partial charge in [-0.15, -0.1) is 0 Å². The number of nitrogens with one attached hydrogen (secondary N) is 4. The van der Waals surface area contributed by atoms with Crippen molar-refractivity contribution in [3.63, 3.8) is 0 Å².